The van der Waals surface area contributed by atoms with E-state index >= 15 is 0 Å². The van der Waals surface area contributed by atoms with Crippen molar-refractivity contribution in [3.8, 4) is 5.75 Å². The highest BCUT2D eigenvalue weighted by Gasteiger charge is 2.23. The number of amides is 1. The molecule has 1 aliphatic heterocycles. The van der Waals surface area contributed by atoms with Gasteiger partial charge in [-0.05, 0) is 13.3 Å². The Balaban J connectivity index is 1.72. The number of carbonyl (C=O) groups excluding carboxylic acids is 1. The minimum absolute atomic E-state index is 0.128. The third-order valence-electron chi connectivity index (χ3n) is 4.40. The number of pyridine rings is 1. The molecular formula is C18H24N4O3S. The maximum atomic E-state index is 12.8. The van der Waals surface area contributed by atoms with Crippen molar-refractivity contribution in [1.82, 2.24) is 20.2 Å². The summed E-state index contributed by atoms with van der Waals surface area (Å²) in [4.78, 5) is 29.5. The van der Waals surface area contributed by atoms with Crippen LogP contribution < -0.4 is 20.9 Å². The number of hydrogen-bond donors (Lipinski definition) is 2. The molecule has 0 spiro atoms. The highest BCUT2D eigenvalue weighted by Crippen LogP contribution is 2.21. The van der Waals surface area contributed by atoms with E-state index in [1.807, 2.05) is 12.3 Å². The average Bonchev–Trinajstić information content (AvgIpc) is 2.89. The van der Waals surface area contributed by atoms with Crippen LogP contribution in [0, 0.1) is 6.92 Å². The van der Waals surface area contributed by atoms with Crippen molar-refractivity contribution in [2.24, 2.45) is 0 Å². The topological polar surface area (TPSA) is 85.2 Å². The van der Waals surface area contributed by atoms with Gasteiger partial charge >= 0.3 is 0 Å². The molecule has 0 aromatic carbocycles. The van der Waals surface area contributed by atoms with Crippen LogP contribution in [-0.4, -0.2) is 42.2 Å². The zero-order chi connectivity index (χ0) is 18.5. The van der Waals surface area contributed by atoms with Gasteiger partial charge in [0.1, 0.15) is 11.3 Å². The summed E-state index contributed by atoms with van der Waals surface area (Å²) in [7, 11) is 1.49. The van der Waals surface area contributed by atoms with Gasteiger partial charge in [0.25, 0.3) is 11.5 Å². The maximum Gasteiger partial charge on any atom is 0.256 e. The van der Waals surface area contributed by atoms with Gasteiger partial charge in [-0.25, -0.2) is 4.98 Å². The van der Waals surface area contributed by atoms with Gasteiger partial charge in [-0.1, -0.05) is 0 Å². The second-order valence-electron chi connectivity index (χ2n) is 6.27. The van der Waals surface area contributed by atoms with E-state index in [1.54, 1.807) is 15.9 Å². The molecule has 7 nitrogen and oxygen atoms in total. The number of methoxy groups -OCH3 is 1. The molecule has 2 N–H and O–H groups in total. The second-order valence-corrected chi connectivity index (χ2v) is 7.21. The van der Waals surface area contributed by atoms with Gasteiger partial charge < -0.3 is 19.9 Å². The summed E-state index contributed by atoms with van der Waals surface area (Å²) in [6.07, 6.45) is 2.28. The van der Waals surface area contributed by atoms with Crippen molar-refractivity contribution >= 4 is 17.2 Å². The Morgan fingerprint density at radius 3 is 3.04 bits per heavy atom. The number of aryl methyl sites for hydroxylation is 2. The van der Waals surface area contributed by atoms with Crippen LogP contribution >= 0.6 is 11.3 Å². The van der Waals surface area contributed by atoms with E-state index in [-0.39, 0.29) is 11.5 Å². The van der Waals surface area contributed by atoms with Gasteiger partial charge in [-0.2, -0.15) is 0 Å². The van der Waals surface area contributed by atoms with Crippen LogP contribution in [0.2, 0.25) is 0 Å². The van der Waals surface area contributed by atoms with Gasteiger partial charge in [-0.3, -0.25) is 9.59 Å². The summed E-state index contributed by atoms with van der Waals surface area (Å²) in [5.41, 5.74) is 2.12. The van der Waals surface area contributed by atoms with E-state index in [0.717, 1.165) is 35.8 Å². The summed E-state index contributed by atoms with van der Waals surface area (Å²) in [5.74, 6) is 0.152. The van der Waals surface area contributed by atoms with Crippen LogP contribution in [0.1, 0.15) is 33.2 Å². The molecule has 3 rings (SSSR count). The number of thiazole rings is 1. The molecule has 2 aromatic heterocycles. The number of nitrogens with zero attached hydrogens (tertiary/aromatic N) is 2. The number of aromatic nitrogens is 2. The lowest BCUT2D eigenvalue weighted by Gasteiger charge is -2.17. The monoisotopic (exact) mass is 376 g/mol. The fraction of sp³-hybridized carbons (Fsp3) is 0.500. The molecule has 0 saturated carbocycles. The number of ether oxygens (including phenoxy) is 1. The number of fused-ring (bicyclic) bond motifs is 1. The number of hydrogen-bond acceptors (Lipinski definition) is 6. The van der Waals surface area contributed by atoms with Gasteiger partial charge in [0, 0.05) is 61.9 Å². The minimum atomic E-state index is -0.192. The smallest absolute Gasteiger partial charge is 0.256 e. The Bertz CT molecular complexity index is 843. The lowest BCUT2D eigenvalue weighted by molar-refractivity contribution is 0.0948. The molecule has 0 saturated heterocycles. The molecule has 0 unspecified atom stereocenters. The number of nitrogens with one attached hydrogen (secondary N) is 2. The molecule has 0 fully saturated rings. The maximum absolute atomic E-state index is 12.8. The van der Waals surface area contributed by atoms with E-state index in [0.29, 0.717) is 37.4 Å². The Labute approximate surface area is 156 Å². The van der Waals surface area contributed by atoms with Crippen LogP contribution in [0.25, 0.3) is 0 Å². The van der Waals surface area contributed by atoms with Crippen LogP contribution in [0.5, 0.6) is 5.75 Å². The Hall–Kier alpha value is -2.19. The van der Waals surface area contributed by atoms with Crippen molar-refractivity contribution in [2.45, 2.75) is 32.7 Å². The third-order valence-corrected chi connectivity index (χ3v) is 5.43. The summed E-state index contributed by atoms with van der Waals surface area (Å²) in [5, 5.41) is 9.34. The molecule has 0 aliphatic carbocycles. The standard InChI is InChI=1S/C18H24N4O3S/c1-12-11-26-15(21-12)4-3-6-20-18(24)17-13-5-7-19-8-9-22(13)16(23)10-14(17)25-2/h10-11,19H,3-9H2,1-2H3,(H,20,24). The molecule has 0 radical (unpaired) electrons. The fourth-order valence-electron chi connectivity index (χ4n) is 3.15. The largest absolute Gasteiger partial charge is 0.496 e. The normalized spacial score (nSPS) is 13.8. The number of rotatable bonds is 6. The first-order chi connectivity index (χ1) is 12.6. The van der Waals surface area contributed by atoms with Gasteiger partial charge in [0.2, 0.25) is 0 Å². The van der Waals surface area contributed by atoms with Gasteiger partial charge in [0.15, 0.2) is 0 Å². The highest BCUT2D eigenvalue weighted by atomic mass is 32.1. The molecular weight excluding hydrogens is 352 g/mol. The molecule has 140 valence electrons. The van der Waals surface area contributed by atoms with E-state index in [9.17, 15) is 9.59 Å². The van der Waals surface area contributed by atoms with Gasteiger partial charge in [-0.15, -0.1) is 11.3 Å². The lowest BCUT2D eigenvalue weighted by atomic mass is 10.1. The molecule has 0 bridgehead atoms. The zero-order valence-corrected chi connectivity index (χ0v) is 15.9. The second kappa shape index (κ2) is 8.46. The summed E-state index contributed by atoms with van der Waals surface area (Å²) < 4.78 is 7.01. The minimum Gasteiger partial charge on any atom is -0.496 e. The van der Waals surface area contributed by atoms with Crippen molar-refractivity contribution in [3.05, 3.63) is 43.8 Å². The summed E-state index contributed by atoms with van der Waals surface area (Å²) >= 11 is 1.64. The summed E-state index contributed by atoms with van der Waals surface area (Å²) in [6, 6.07) is 1.40. The zero-order valence-electron chi connectivity index (χ0n) is 15.1. The first kappa shape index (κ1) is 18.6. The Morgan fingerprint density at radius 2 is 2.31 bits per heavy atom. The molecule has 26 heavy (non-hydrogen) atoms. The molecule has 0 atom stereocenters. The lowest BCUT2D eigenvalue weighted by Crippen LogP contribution is -2.32. The van der Waals surface area contributed by atoms with Crippen molar-refractivity contribution in [3.63, 3.8) is 0 Å². The molecule has 2 aromatic rings. The first-order valence-corrected chi connectivity index (χ1v) is 9.68. The Morgan fingerprint density at radius 1 is 1.46 bits per heavy atom. The van der Waals surface area contributed by atoms with Crippen molar-refractivity contribution < 1.29 is 9.53 Å². The quantitative estimate of drug-likeness (QED) is 0.739. The Kier molecular flexibility index (Phi) is 6.05. The number of carbonyl (C=O) groups is 1. The third kappa shape index (κ3) is 4.13. The van der Waals surface area contributed by atoms with Crippen LogP contribution in [0.4, 0.5) is 0 Å². The highest BCUT2D eigenvalue weighted by molar-refractivity contribution is 7.09. The van der Waals surface area contributed by atoms with Crippen LogP contribution in [0.3, 0.4) is 0 Å². The van der Waals surface area contributed by atoms with E-state index in [1.165, 1.54) is 13.2 Å². The molecule has 1 amide bonds. The fourth-order valence-corrected chi connectivity index (χ4v) is 3.97. The van der Waals surface area contributed by atoms with Crippen LogP contribution in [-0.2, 0) is 19.4 Å². The molecule has 8 heteroatoms. The summed E-state index contributed by atoms with van der Waals surface area (Å²) in [6.45, 7) is 4.54. The van der Waals surface area contributed by atoms with E-state index in [4.69, 9.17) is 4.74 Å². The predicted octanol–water partition coefficient (Wildman–Crippen LogP) is 1.13. The van der Waals surface area contributed by atoms with Crippen LogP contribution in [0.15, 0.2) is 16.2 Å². The van der Waals surface area contributed by atoms with Gasteiger partial charge in [0.05, 0.1) is 12.1 Å². The molecule has 1 aliphatic rings. The van der Waals surface area contributed by atoms with Crippen molar-refractivity contribution in [1.29, 1.82) is 0 Å². The molecule has 3 heterocycles. The van der Waals surface area contributed by atoms with E-state index < -0.39 is 0 Å². The predicted molar refractivity (Wildman–Crippen MR) is 101 cm³/mol. The average molecular weight is 376 g/mol. The van der Waals surface area contributed by atoms with Crippen molar-refractivity contribution in [2.75, 3.05) is 26.7 Å². The SMILES string of the molecule is COc1cc(=O)n2c(c1C(=O)NCCCc1nc(C)cs1)CCNCC2. The van der Waals surface area contributed by atoms with E-state index in [2.05, 4.69) is 15.6 Å². The first-order valence-electron chi connectivity index (χ1n) is 8.80.